The van der Waals surface area contributed by atoms with Gasteiger partial charge in [-0.1, -0.05) is 12.1 Å². The number of hydrogen-bond acceptors (Lipinski definition) is 7. The fourth-order valence-electron chi connectivity index (χ4n) is 8.50. The number of aromatic hydroxyl groups is 1. The van der Waals surface area contributed by atoms with E-state index < -0.39 is 0 Å². The van der Waals surface area contributed by atoms with E-state index in [-0.39, 0.29) is 27.7 Å². The maximum absolute atomic E-state index is 14.5. The van der Waals surface area contributed by atoms with Crippen molar-refractivity contribution in [3.63, 3.8) is 0 Å². The van der Waals surface area contributed by atoms with Gasteiger partial charge in [0.2, 0.25) is 0 Å². The molecular weight excluding hydrogens is 592 g/mol. The molecule has 0 amide bonds. The van der Waals surface area contributed by atoms with Crippen LogP contribution >= 0.6 is 0 Å². The van der Waals surface area contributed by atoms with Gasteiger partial charge in [-0.15, -0.1) is 0 Å². The number of phenolic OH excluding ortho intramolecular Hbond substituents is 1. The van der Waals surface area contributed by atoms with Crippen molar-refractivity contribution in [2.24, 2.45) is 0 Å². The van der Waals surface area contributed by atoms with E-state index in [1.54, 1.807) is 40.8 Å². The molecule has 4 heterocycles. The van der Waals surface area contributed by atoms with Gasteiger partial charge in [0.15, 0.2) is 10.9 Å². The lowest BCUT2D eigenvalue weighted by Crippen LogP contribution is -2.18. The second-order valence-electron chi connectivity index (χ2n) is 12.5. The van der Waals surface area contributed by atoms with Gasteiger partial charge in [-0.25, -0.2) is 9.97 Å². The van der Waals surface area contributed by atoms with Crippen molar-refractivity contribution in [2.75, 3.05) is 0 Å². The minimum atomic E-state index is -0.368. The first kappa shape index (κ1) is 23.6. The van der Waals surface area contributed by atoms with Gasteiger partial charge in [-0.05, 0) is 60.7 Å². The number of phenols is 1. The van der Waals surface area contributed by atoms with Gasteiger partial charge in [0.25, 0.3) is 11.1 Å². The molecule has 0 aliphatic heterocycles. The van der Waals surface area contributed by atoms with Gasteiger partial charge >= 0.3 is 0 Å². The maximum Gasteiger partial charge on any atom is 0.264 e. The Morgan fingerprint density at radius 2 is 0.936 bits per heavy atom. The Morgan fingerprint density at radius 3 is 1.53 bits per heavy atom. The van der Waals surface area contributed by atoms with Crippen LogP contribution in [-0.4, -0.2) is 23.9 Å². The number of imidazole rings is 2. The third-order valence-corrected chi connectivity index (χ3v) is 10.3. The molecule has 0 bridgehead atoms. The summed E-state index contributed by atoms with van der Waals surface area (Å²) in [6.45, 7) is 0. The highest BCUT2D eigenvalue weighted by Crippen LogP contribution is 2.45. The SMILES string of the molecule is O=c1c2ccc3c4c(cc5c(=O)c6ccc7c8c(cc1c(c68)c5c24)c(=O)n1c2ccccc2nc71)c(=O)n1c2ccc(O)cc2nc31. The Balaban J connectivity index is 1.42. The number of rotatable bonds is 0. The summed E-state index contributed by atoms with van der Waals surface area (Å²) in [5.41, 5.74) is 1.97. The zero-order chi connectivity index (χ0) is 31.2. The molecule has 12 rings (SSSR count). The van der Waals surface area contributed by atoms with Crippen molar-refractivity contribution in [3.05, 3.63) is 120 Å². The second-order valence-corrected chi connectivity index (χ2v) is 12.5. The number of pyridine rings is 2. The first-order chi connectivity index (χ1) is 22.9. The fraction of sp³-hybridized carbons (Fsp3) is 0. The average molecular weight is 607 g/mol. The molecule has 8 aromatic carbocycles. The molecule has 47 heavy (non-hydrogen) atoms. The van der Waals surface area contributed by atoms with Gasteiger partial charge in [0.1, 0.15) is 17.0 Å². The Labute approximate surface area is 258 Å². The summed E-state index contributed by atoms with van der Waals surface area (Å²) in [4.78, 5) is 67.1. The van der Waals surface area contributed by atoms with Crippen molar-refractivity contribution < 1.29 is 5.11 Å². The van der Waals surface area contributed by atoms with E-state index in [2.05, 4.69) is 0 Å². The predicted molar refractivity (Wildman–Crippen MR) is 184 cm³/mol. The Bertz CT molecular complexity index is 3680. The van der Waals surface area contributed by atoms with E-state index in [0.29, 0.717) is 109 Å². The van der Waals surface area contributed by atoms with Gasteiger partial charge in [-0.3, -0.25) is 28.0 Å². The van der Waals surface area contributed by atoms with Crippen molar-refractivity contribution in [2.45, 2.75) is 0 Å². The summed E-state index contributed by atoms with van der Waals surface area (Å²) in [7, 11) is 0. The molecule has 1 N–H and O–H groups in total. The first-order valence-corrected chi connectivity index (χ1v) is 15.1. The molecule has 0 fully saturated rings. The minimum Gasteiger partial charge on any atom is -0.508 e. The first-order valence-electron chi connectivity index (χ1n) is 15.1. The highest BCUT2D eigenvalue weighted by Gasteiger charge is 2.28. The quantitative estimate of drug-likeness (QED) is 0.174. The molecule has 0 radical (unpaired) electrons. The molecule has 4 aromatic heterocycles. The zero-order valence-electron chi connectivity index (χ0n) is 23.9. The molecule has 0 aliphatic rings. The highest BCUT2D eigenvalue weighted by atomic mass is 16.3. The molecule has 216 valence electrons. The van der Waals surface area contributed by atoms with E-state index in [1.807, 2.05) is 30.3 Å². The van der Waals surface area contributed by atoms with Crippen LogP contribution in [0.3, 0.4) is 0 Å². The van der Waals surface area contributed by atoms with E-state index in [0.717, 1.165) is 0 Å². The molecule has 0 saturated carbocycles. The van der Waals surface area contributed by atoms with Gasteiger partial charge in [-0.2, -0.15) is 0 Å². The molecule has 9 nitrogen and oxygen atoms in total. The van der Waals surface area contributed by atoms with Crippen LogP contribution in [0, 0.1) is 0 Å². The number of fused-ring (bicyclic) bond motifs is 8. The summed E-state index contributed by atoms with van der Waals surface area (Å²) in [6, 6.07) is 22.5. The van der Waals surface area contributed by atoms with Crippen LogP contribution in [0.15, 0.2) is 98.0 Å². The van der Waals surface area contributed by atoms with E-state index in [9.17, 15) is 24.3 Å². The van der Waals surface area contributed by atoms with Crippen molar-refractivity contribution in [1.29, 1.82) is 0 Å². The molecule has 0 saturated heterocycles. The number of aromatic nitrogens is 4. The predicted octanol–water partition coefficient (Wildman–Crippen LogP) is 5.70. The molecule has 0 spiro atoms. The monoisotopic (exact) mass is 606 g/mol. The topological polar surface area (TPSA) is 123 Å². The van der Waals surface area contributed by atoms with Crippen LogP contribution in [0.4, 0.5) is 0 Å². The number of benzene rings is 8. The van der Waals surface area contributed by atoms with Gasteiger partial charge in [0.05, 0.1) is 22.1 Å². The summed E-state index contributed by atoms with van der Waals surface area (Å²) < 4.78 is 3.09. The van der Waals surface area contributed by atoms with Crippen molar-refractivity contribution >= 4 is 109 Å². The van der Waals surface area contributed by atoms with Crippen molar-refractivity contribution in [3.8, 4) is 5.75 Å². The van der Waals surface area contributed by atoms with Crippen LogP contribution in [-0.2, 0) is 0 Å². The van der Waals surface area contributed by atoms with E-state index in [1.165, 1.54) is 16.5 Å². The smallest absolute Gasteiger partial charge is 0.264 e. The third-order valence-electron chi connectivity index (χ3n) is 10.3. The summed E-state index contributed by atoms with van der Waals surface area (Å²) in [5, 5.41) is 17.0. The lowest BCUT2D eigenvalue weighted by molar-refractivity contribution is 0.476. The van der Waals surface area contributed by atoms with E-state index >= 15 is 0 Å². The minimum absolute atomic E-state index is 0.0267. The summed E-state index contributed by atoms with van der Waals surface area (Å²) in [5.74, 6) is 0.0267. The Hall–Kier alpha value is -6.74. The second kappa shape index (κ2) is 7.21. The van der Waals surface area contributed by atoms with Crippen LogP contribution in [0.1, 0.15) is 0 Å². The van der Waals surface area contributed by atoms with Crippen LogP contribution in [0.25, 0.3) is 109 Å². The molecular formula is C38H14N4O5. The molecule has 9 heteroatoms. The normalized spacial score (nSPS) is 13.1. The Kier molecular flexibility index (Phi) is 3.62. The lowest BCUT2D eigenvalue weighted by atomic mass is 9.83. The van der Waals surface area contributed by atoms with E-state index in [4.69, 9.17) is 9.97 Å². The van der Waals surface area contributed by atoms with Crippen LogP contribution < -0.4 is 22.0 Å². The largest absolute Gasteiger partial charge is 0.508 e. The van der Waals surface area contributed by atoms with Crippen molar-refractivity contribution in [1.82, 2.24) is 18.8 Å². The molecule has 0 atom stereocenters. The van der Waals surface area contributed by atoms with Gasteiger partial charge < -0.3 is 5.11 Å². The molecule has 12 aromatic rings. The third kappa shape index (κ3) is 2.38. The number of hydrogen-bond donors (Lipinski definition) is 1. The molecule has 0 aliphatic carbocycles. The van der Waals surface area contributed by atoms with Gasteiger partial charge in [0, 0.05) is 81.5 Å². The van der Waals surface area contributed by atoms with Crippen LogP contribution in [0.2, 0.25) is 0 Å². The maximum atomic E-state index is 14.5. The fourth-order valence-corrected chi connectivity index (χ4v) is 8.50. The van der Waals surface area contributed by atoms with Crippen LogP contribution in [0.5, 0.6) is 5.75 Å². The highest BCUT2D eigenvalue weighted by molar-refractivity contribution is 6.43. The summed E-state index contributed by atoms with van der Waals surface area (Å²) >= 11 is 0. The number of para-hydroxylation sites is 2. The summed E-state index contributed by atoms with van der Waals surface area (Å²) in [6.07, 6.45) is 0. The lowest BCUT2D eigenvalue weighted by Gasteiger charge is -2.19. The number of nitrogens with zero attached hydrogens (tertiary/aromatic N) is 4. The average Bonchev–Trinajstić information content (AvgIpc) is 3.66. The zero-order valence-corrected chi connectivity index (χ0v) is 23.9. The molecule has 0 unspecified atom stereocenters. The standard InChI is InChI=1S/C38H14N4O5/c43-14-5-10-26-24(11-14)40-36-18-9-7-16-30-28(18)22(38(47)42(26)36)13-20-32(30)31-19(34(16)45)12-21-27-17(8-6-15(29(27)31)33(20)44)35-39-23-3-1-2-4-25(23)41(35)37(21)46/h1-13,43H. The Morgan fingerprint density at radius 1 is 0.447 bits per heavy atom.